The van der Waals surface area contributed by atoms with Crippen molar-refractivity contribution in [3.05, 3.63) is 70.8 Å². The van der Waals surface area contributed by atoms with Crippen molar-refractivity contribution < 1.29 is 32.6 Å². The highest BCUT2D eigenvalue weighted by atomic mass is 19.4. The number of alkyl halides is 3. The van der Waals surface area contributed by atoms with Crippen molar-refractivity contribution in [3.63, 3.8) is 0 Å². The van der Waals surface area contributed by atoms with Crippen LogP contribution >= 0.6 is 0 Å². The van der Waals surface area contributed by atoms with E-state index in [4.69, 9.17) is 9.84 Å². The second-order valence-corrected chi connectivity index (χ2v) is 8.12. The lowest BCUT2D eigenvalue weighted by Crippen LogP contribution is -2.44. The van der Waals surface area contributed by atoms with Crippen molar-refractivity contribution in [2.24, 2.45) is 5.92 Å². The molecule has 0 spiro atoms. The zero-order chi connectivity index (χ0) is 22.8. The van der Waals surface area contributed by atoms with Crippen LogP contribution in [0.1, 0.15) is 53.7 Å². The molecule has 3 rings (SSSR count). The van der Waals surface area contributed by atoms with Gasteiger partial charge in [-0.1, -0.05) is 38.1 Å². The number of hydrogen-bond donors (Lipinski definition) is 2. The molecule has 2 aromatic carbocycles. The molecule has 0 bridgehead atoms. The number of rotatable bonds is 8. The topological polar surface area (TPSA) is 75.6 Å². The molecule has 8 heteroatoms. The summed E-state index contributed by atoms with van der Waals surface area (Å²) in [6.07, 6.45) is -3.72. The number of benzene rings is 2. The molecule has 0 aromatic heterocycles. The van der Waals surface area contributed by atoms with Crippen molar-refractivity contribution >= 4 is 11.9 Å². The smallest absolute Gasteiger partial charge is 0.416 e. The molecule has 1 aliphatic rings. The molecule has 1 unspecified atom stereocenters. The third-order valence-corrected chi connectivity index (χ3v) is 5.37. The molecule has 1 amide bonds. The van der Waals surface area contributed by atoms with Crippen LogP contribution in [0, 0.1) is 5.92 Å². The van der Waals surface area contributed by atoms with Crippen molar-refractivity contribution in [2.75, 3.05) is 0 Å². The summed E-state index contributed by atoms with van der Waals surface area (Å²) in [6, 6.07) is 11.1. The average Bonchev–Trinajstić information content (AvgIpc) is 3.48. The first-order chi connectivity index (χ1) is 14.5. The van der Waals surface area contributed by atoms with Crippen LogP contribution in [0.3, 0.4) is 0 Å². The van der Waals surface area contributed by atoms with Crippen LogP contribution in [0.2, 0.25) is 0 Å². The minimum absolute atomic E-state index is 0.00864. The maximum absolute atomic E-state index is 12.9. The van der Waals surface area contributed by atoms with Gasteiger partial charge in [-0.3, -0.25) is 4.79 Å². The molecule has 0 saturated heterocycles. The summed E-state index contributed by atoms with van der Waals surface area (Å²) in [6.45, 7) is 3.67. The molecular formula is C23H24F3NO4. The van der Waals surface area contributed by atoms with Gasteiger partial charge in [0.15, 0.2) is 0 Å². The fourth-order valence-corrected chi connectivity index (χ4v) is 3.40. The lowest BCUT2D eigenvalue weighted by molar-refractivity contribution is -0.138. The molecule has 1 fully saturated rings. The first kappa shape index (κ1) is 22.8. The largest absolute Gasteiger partial charge is 0.478 e. The minimum Gasteiger partial charge on any atom is -0.478 e. The summed E-state index contributed by atoms with van der Waals surface area (Å²) in [5.41, 5.74) is 0.261. The molecule has 1 atom stereocenters. The standard InChI is InChI=1S/C23H24F3NO4/c1-14(2)19(31-13-15-3-7-18(8-4-15)23(24,25)26)20(28)27-22(11-12-22)17-9-5-16(6-10-17)21(29)30/h3-10,14,19H,11-13H2,1-2H3,(H,27,28)(H,29,30). The molecule has 5 nitrogen and oxygen atoms in total. The Kier molecular flexibility index (Phi) is 6.40. The fraction of sp³-hybridized carbons (Fsp3) is 0.391. The van der Waals surface area contributed by atoms with Crippen LogP contribution in [-0.2, 0) is 27.9 Å². The van der Waals surface area contributed by atoms with Gasteiger partial charge >= 0.3 is 12.1 Å². The van der Waals surface area contributed by atoms with Gasteiger partial charge in [0.05, 0.1) is 23.3 Å². The lowest BCUT2D eigenvalue weighted by atomic mass is 10.0. The molecular weight excluding hydrogens is 411 g/mol. The second kappa shape index (κ2) is 8.70. The summed E-state index contributed by atoms with van der Waals surface area (Å²) in [4.78, 5) is 24.0. The van der Waals surface area contributed by atoms with Crippen molar-refractivity contribution in [1.82, 2.24) is 5.32 Å². The second-order valence-electron chi connectivity index (χ2n) is 8.12. The first-order valence-corrected chi connectivity index (χ1v) is 9.95. The number of aromatic carboxylic acids is 1. The Morgan fingerprint density at radius 2 is 1.65 bits per heavy atom. The van der Waals surface area contributed by atoms with Gasteiger partial charge in [-0.05, 0) is 54.2 Å². The number of ether oxygens (including phenoxy) is 1. The van der Waals surface area contributed by atoms with E-state index in [1.165, 1.54) is 24.3 Å². The minimum atomic E-state index is -4.40. The number of carboxylic acids is 1. The monoisotopic (exact) mass is 435 g/mol. The van der Waals surface area contributed by atoms with Gasteiger partial charge in [0.2, 0.25) is 5.91 Å². The van der Waals surface area contributed by atoms with Gasteiger partial charge in [-0.2, -0.15) is 13.2 Å². The normalized spacial score (nSPS) is 16.1. The molecule has 31 heavy (non-hydrogen) atoms. The molecule has 0 heterocycles. The van der Waals surface area contributed by atoms with Gasteiger partial charge in [-0.15, -0.1) is 0 Å². The lowest BCUT2D eigenvalue weighted by Gasteiger charge is -2.25. The molecule has 0 radical (unpaired) electrons. The highest BCUT2D eigenvalue weighted by molar-refractivity contribution is 5.87. The molecule has 2 aromatic rings. The maximum atomic E-state index is 12.9. The van der Waals surface area contributed by atoms with Crippen molar-refractivity contribution in [3.8, 4) is 0 Å². The Morgan fingerprint density at radius 1 is 1.06 bits per heavy atom. The number of carbonyl (C=O) groups excluding carboxylic acids is 1. The van der Waals surface area contributed by atoms with Gasteiger partial charge in [0, 0.05) is 0 Å². The summed E-state index contributed by atoms with van der Waals surface area (Å²) >= 11 is 0. The highest BCUT2D eigenvalue weighted by Gasteiger charge is 2.47. The maximum Gasteiger partial charge on any atom is 0.416 e. The van der Waals surface area contributed by atoms with E-state index in [9.17, 15) is 22.8 Å². The third kappa shape index (κ3) is 5.44. The molecule has 2 N–H and O–H groups in total. The summed E-state index contributed by atoms with van der Waals surface area (Å²) < 4.78 is 43.9. The fourth-order valence-electron chi connectivity index (χ4n) is 3.40. The van der Waals surface area contributed by atoms with E-state index in [1.54, 1.807) is 12.1 Å². The number of amides is 1. The van der Waals surface area contributed by atoms with E-state index in [-0.39, 0.29) is 24.0 Å². The van der Waals surface area contributed by atoms with Crippen LogP contribution in [0.25, 0.3) is 0 Å². The van der Waals surface area contributed by atoms with Gasteiger partial charge in [0.1, 0.15) is 6.10 Å². The SMILES string of the molecule is CC(C)C(OCc1ccc(C(F)(F)F)cc1)C(=O)NC1(c2ccc(C(=O)O)cc2)CC1. The van der Waals surface area contributed by atoms with E-state index in [2.05, 4.69) is 5.32 Å². The number of carboxylic acid groups (broad SMARTS) is 1. The number of carbonyl (C=O) groups is 2. The van der Waals surface area contributed by atoms with Crippen LogP contribution in [0.5, 0.6) is 0 Å². The zero-order valence-electron chi connectivity index (χ0n) is 17.2. The van der Waals surface area contributed by atoms with Gasteiger partial charge in [-0.25, -0.2) is 4.79 Å². The van der Waals surface area contributed by atoms with Crippen LogP contribution in [0.15, 0.2) is 48.5 Å². The first-order valence-electron chi connectivity index (χ1n) is 9.95. The predicted molar refractivity (Wildman–Crippen MR) is 107 cm³/mol. The Labute approximate surface area is 178 Å². The number of halogens is 3. The molecule has 0 aliphatic heterocycles. The van der Waals surface area contributed by atoms with E-state index in [0.717, 1.165) is 30.5 Å². The Hall–Kier alpha value is -2.87. The van der Waals surface area contributed by atoms with Gasteiger partial charge in [0.25, 0.3) is 0 Å². The zero-order valence-corrected chi connectivity index (χ0v) is 17.2. The van der Waals surface area contributed by atoms with Gasteiger partial charge < -0.3 is 15.2 Å². The number of nitrogens with one attached hydrogen (secondary N) is 1. The predicted octanol–water partition coefficient (Wildman–Crippen LogP) is 4.75. The number of hydrogen-bond acceptors (Lipinski definition) is 3. The van der Waals surface area contributed by atoms with Crippen molar-refractivity contribution in [1.29, 1.82) is 0 Å². The summed E-state index contributed by atoms with van der Waals surface area (Å²) in [5.74, 6) is -1.47. The third-order valence-electron chi connectivity index (χ3n) is 5.37. The van der Waals surface area contributed by atoms with Crippen LogP contribution < -0.4 is 5.32 Å². The Bertz CT molecular complexity index is 933. The van der Waals surface area contributed by atoms with Crippen LogP contribution in [0.4, 0.5) is 13.2 Å². The van der Waals surface area contributed by atoms with Crippen LogP contribution in [-0.4, -0.2) is 23.1 Å². The summed E-state index contributed by atoms with van der Waals surface area (Å²) in [7, 11) is 0. The van der Waals surface area contributed by atoms with Crippen molar-refractivity contribution in [2.45, 2.75) is 51.1 Å². The highest BCUT2D eigenvalue weighted by Crippen LogP contribution is 2.45. The van der Waals surface area contributed by atoms with E-state index < -0.39 is 29.4 Å². The quantitative estimate of drug-likeness (QED) is 0.628. The summed E-state index contributed by atoms with van der Waals surface area (Å²) in [5, 5.41) is 12.1. The molecule has 1 aliphatic carbocycles. The Balaban J connectivity index is 1.64. The Morgan fingerprint density at radius 3 is 2.10 bits per heavy atom. The molecule has 166 valence electrons. The van der Waals surface area contributed by atoms with E-state index in [0.29, 0.717) is 5.56 Å². The van der Waals surface area contributed by atoms with E-state index >= 15 is 0 Å². The molecule has 1 saturated carbocycles. The average molecular weight is 435 g/mol. The van der Waals surface area contributed by atoms with E-state index in [1.807, 2.05) is 13.8 Å².